The molecule has 0 spiro atoms. The average molecular weight is 451 g/mol. The van der Waals surface area contributed by atoms with Crippen molar-refractivity contribution in [2.45, 2.75) is 25.3 Å². The Morgan fingerprint density at radius 3 is 2.09 bits per heavy atom. The molecule has 0 radical (unpaired) electrons. The minimum Gasteiger partial charge on any atom is -0.312 e. The van der Waals surface area contributed by atoms with Crippen LogP contribution in [0.4, 0.5) is 13.2 Å². The molecule has 1 atom stereocenters. The highest BCUT2D eigenvalue weighted by molar-refractivity contribution is 6.16. The van der Waals surface area contributed by atoms with Crippen LogP contribution in [0.25, 0.3) is 0 Å². The lowest BCUT2D eigenvalue weighted by Crippen LogP contribution is -2.63. The van der Waals surface area contributed by atoms with Gasteiger partial charge in [-0.25, -0.2) is 4.99 Å². The highest BCUT2D eigenvalue weighted by atomic mass is 19.4. The van der Waals surface area contributed by atoms with Gasteiger partial charge in [0.05, 0.1) is 6.54 Å². The van der Waals surface area contributed by atoms with E-state index in [1.54, 1.807) is 79.7 Å². The normalized spacial score (nSPS) is 18.2. The summed E-state index contributed by atoms with van der Waals surface area (Å²) in [5.74, 6) is -2.57. The molecule has 0 saturated carbocycles. The fourth-order valence-electron chi connectivity index (χ4n) is 3.56. The van der Waals surface area contributed by atoms with Crippen molar-refractivity contribution < 1.29 is 22.8 Å². The zero-order valence-corrected chi connectivity index (χ0v) is 17.6. The Morgan fingerprint density at radius 1 is 0.939 bits per heavy atom. The fraction of sp³-hybridized carbons (Fsp3) is 0.160. The number of benzene rings is 3. The summed E-state index contributed by atoms with van der Waals surface area (Å²) >= 11 is 0. The zero-order chi connectivity index (χ0) is 23.6. The van der Waals surface area contributed by atoms with Crippen LogP contribution in [-0.4, -0.2) is 34.4 Å². The third kappa shape index (κ3) is 4.24. The van der Waals surface area contributed by atoms with E-state index in [0.29, 0.717) is 11.1 Å². The molecule has 0 aromatic heterocycles. The van der Waals surface area contributed by atoms with E-state index in [0.717, 1.165) is 10.5 Å². The maximum absolute atomic E-state index is 14.4. The lowest BCUT2D eigenvalue weighted by molar-refractivity contribution is -0.196. The van der Waals surface area contributed by atoms with Gasteiger partial charge in [0.1, 0.15) is 5.84 Å². The Kier molecular flexibility index (Phi) is 5.76. The average Bonchev–Trinajstić information content (AvgIpc) is 3.08. The van der Waals surface area contributed by atoms with Crippen LogP contribution in [0, 0.1) is 6.92 Å². The standard InChI is InChI=1S/C25H20F3N3O2/c1-17-12-14-20(15-13-17)22(32)30-24(25(26,27)28)23(33)31(16-18-8-4-2-5-9-18)21(29-24)19-10-6-3-7-11-19/h2-15H,16H2,1H3,(H,30,32)/t24-/m0/s1. The van der Waals surface area contributed by atoms with Crippen molar-refractivity contribution in [1.29, 1.82) is 0 Å². The van der Waals surface area contributed by atoms with Crippen molar-refractivity contribution >= 4 is 17.6 Å². The van der Waals surface area contributed by atoms with Gasteiger partial charge in [0.2, 0.25) is 0 Å². The summed E-state index contributed by atoms with van der Waals surface area (Å²) in [6.45, 7) is 1.66. The molecule has 0 bridgehead atoms. The van der Waals surface area contributed by atoms with E-state index in [-0.39, 0.29) is 17.9 Å². The van der Waals surface area contributed by atoms with E-state index < -0.39 is 23.7 Å². The maximum Gasteiger partial charge on any atom is 0.442 e. The molecule has 0 fully saturated rings. The van der Waals surface area contributed by atoms with Gasteiger partial charge in [-0.15, -0.1) is 0 Å². The SMILES string of the molecule is Cc1ccc(C(=O)N[C@@]2(C(F)(F)F)N=C(c3ccccc3)N(Cc3ccccc3)C2=O)cc1. The lowest BCUT2D eigenvalue weighted by atomic mass is 10.1. The number of hydrogen-bond donors (Lipinski definition) is 1. The predicted molar refractivity (Wildman–Crippen MR) is 117 cm³/mol. The molecular formula is C25H20F3N3O2. The number of hydrogen-bond acceptors (Lipinski definition) is 3. The monoisotopic (exact) mass is 451 g/mol. The number of halogens is 3. The van der Waals surface area contributed by atoms with Crippen LogP contribution in [0.5, 0.6) is 0 Å². The van der Waals surface area contributed by atoms with Gasteiger partial charge in [-0.3, -0.25) is 14.5 Å². The molecule has 33 heavy (non-hydrogen) atoms. The molecule has 1 N–H and O–H groups in total. The summed E-state index contributed by atoms with van der Waals surface area (Å²) in [5.41, 5.74) is -1.65. The van der Waals surface area contributed by atoms with Gasteiger partial charge in [0.25, 0.3) is 11.8 Å². The first-order valence-electron chi connectivity index (χ1n) is 10.2. The number of aliphatic imine (C=N–C) groups is 1. The minimum absolute atomic E-state index is 0.00463. The fourth-order valence-corrected chi connectivity index (χ4v) is 3.56. The first kappa shape index (κ1) is 22.3. The highest BCUT2D eigenvalue weighted by Crippen LogP contribution is 2.39. The third-order valence-corrected chi connectivity index (χ3v) is 5.32. The van der Waals surface area contributed by atoms with Crippen molar-refractivity contribution in [1.82, 2.24) is 10.2 Å². The van der Waals surface area contributed by atoms with Crippen LogP contribution in [0.3, 0.4) is 0 Å². The Bertz CT molecular complexity index is 1190. The second kappa shape index (κ2) is 8.54. The maximum atomic E-state index is 14.4. The van der Waals surface area contributed by atoms with Gasteiger partial charge in [0, 0.05) is 11.1 Å². The molecule has 0 unspecified atom stereocenters. The summed E-state index contributed by atoms with van der Waals surface area (Å²) in [7, 11) is 0. The van der Waals surface area contributed by atoms with Crippen LogP contribution >= 0.6 is 0 Å². The molecule has 3 aromatic carbocycles. The first-order valence-corrected chi connectivity index (χ1v) is 10.2. The van der Waals surface area contributed by atoms with Crippen LogP contribution < -0.4 is 5.32 Å². The summed E-state index contributed by atoms with van der Waals surface area (Å²) in [5, 5.41) is 1.89. The molecule has 168 valence electrons. The number of carbonyl (C=O) groups excluding carboxylic acids is 2. The lowest BCUT2D eigenvalue weighted by Gasteiger charge is -2.29. The van der Waals surface area contributed by atoms with Crippen molar-refractivity contribution in [2.24, 2.45) is 4.99 Å². The van der Waals surface area contributed by atoms with Crippen molar-refractivity contribution in [3.63, 3.8) is 0 Å². The van der Waals surface area contributed by atoms with Crippen molar-refractivity contribution in [2.75, 3.05) is 0 Å². The summed E-state index contributed by atoms with van der Waals surface area (Å²) in [6.07, 6.45) is -5.17. The second-order valence-corrected chi connectivity index (χ2v) is 7.71. The molecule has 2 amide bonds. The first-order chi connectivity index (χ1) is 15.7. The Labute approximate surface area is 188 Å². The predicted octanol–water partition coefficient (Wildman–Crippen LogP) is 4.47. The number of nitrogens with zero attached hydrogens (tertiary/aromatic N) is 2. The summed E-state index contributed by atoms with van der Waals surface area (Å²) in [6, 6.07) is 22.8. The molecule has 1 aliphatic heterocycles. The van der Waals surface area contributed by atoms with Gasteiger partial charge in [-0.05, 0) is 24.6 Å². The third-order valence-electron chi connectivity index (χ3n) is 5.32. The number of carbonyl (C=O) groups is 2. The van der Waals surface area contributed by atoms with E-state index in [4.69, 9.17) is 0 Å². The number of amides is 2. The van der Waals surface area contributed by atoms with Crippen LogP contribution in [-0.2, 0) is 11.3 Å². The van der Waals surface area contributed by atoms with Crippen LogP contribution in [0.1, 0.15) is 27.0 Å². The zero-order valence-electron chi connectivity index (χ0n) is 17.6. The number of rotatable bonds is 5. The van der Waals surface area contributed by atoms with Crippen LogP contribution in [0.2, 0.25) is 0 Å². The molecule has 4 rings (SSSR count). The number of aryl methyl sites for hydroxylation is 1. The molecule has 0 saturated heterocycles. The minimum atomic E-state index is -5.17. The van der Waals surface area contributed by atoms with Crippen molar-refractivity contribution in [3.05, 3.63) is 107 Å². The molecule has 3 aromatic rings. The van der Waals surface area contributed by atoms with E-state index >= 15 is 0 Å². The number of alkyl halides is 3. The highest BCUT2D eigenvalue weighted by Gasteiger charge is 2.67. The van der Waals surface area contributed by atoms with Gasteiger partial charge in [0.15, 0.2) is 0 Å². The quantitative estimate of drug-likeness (QED) is 0.622. The molecule has 1 heterocycles. The molecule has 0 aliphatic carbocycles. The molecule has 1 aliphatic rings. The van der Waals surface area contributed by atoms with E-state index in [1.165, 1.54) is 12.1 Å². The van der Waals surface area contributed by atoms with E-state index in [1.807, 2.05) is 5.32 Å². The largest absolute Gasteiger partial charge is 0.442 e. The summed E-state index contributed by atoms with van der Waals surface area (Å²) < 4.78 is 43.3. The van der Waals surface area contributed by atoms with E-state index in [2.05, 4.69) is 4.99 Å². The smallest absolute Gasteiger partial charge is 0.312 e. The molecular weight excluding hydrogens is 431 g/mol. The number of amidine groups is 1. The van der Waals surface area contributed by atoms with Gasteiger partial charge in [-0.1, -0.05) is 78.4 Å². The van der Waals surface area contributed by atoms with Gasteiger partial charge in [-0.2, -0.15) is 13.2 Å². The van der Waals surface area contributed by atoms with Crippen LogP contribution in [0.15, 0.2) is 89.9 Å². The number of nitrogens with one attached hydrogen (secondary N) is 1. The second-order valence-electron chi connectivity index (χ2n) is 7.71. The molecule has 8 heteroatoms. The van der Waals surface area contributed by atoms with Gasteiger partial charge >= 0.3 is 11.8 Å². The Balaban J connectivity index is 1.80. The van der Waals surface area contributed by atoms with E-state index in [9.17, 15) is 22.8 Å². The summed E-state index contributed by atoms with van der Waals surface area (Å²) in [4.78, 5) is 30.9. The van der Waals surface area contributed by atoms with Crippen molar-refractivity contribution in [3.8, 4) is 0 Å². The topological polar surface area (TPSA) is 61.8 Å². The Hall–Kier alpha value is -3.94. The molecule has 5 nitrogen and oxygen atoms in total. The Morgan fingerprint density at radius 2 is 1.52 bits per heavy atom. The van der Waals surface area contributed by atoms with Gasteiger partial charge < -0.3 is 5.32 Å².